The van der Waals surface area contributed by atoms with Gasteiger partial charge in [-0.1, -0.05) is 18.2 Å². The highest BCUT2D eigenvalue weighted by Gasteiger charge is 2.31. The number of anilines is 1. The van der Waals surface area contributed by atoms with Crippen LogP contribution < -0.4 is 4.90 Å². The van der Waals surface area contributed by atoms with Crippen molar-refractivity contribution >= 4 is 17.5 Å². The molecule has 0 unspecified atom stereocenters. The molecule has 1 aliphatic rings. The summed E-state index contributed by atoms with van der Waals surface area (Å²) in [5, 5.41) is 9.50. The molecule has 0 radical (unpaired) electrons. The van der Waals surface area contributed by atoms with Crippen molar-refractivity contribution in [1.29, 1.82) is 0 Å². The maximum absolute atomic E-state index is 13.9. The number of carbonyl (C=O) groups excluding carboxylic acids is 2. The SMILES string of the molecule is Cc1ccccc1N(C)C(=O)C1CCN(C(=O)c2cc(O)ccc2F)CC1. The third-order valence-corrected chi connectivity index (χ3v) is 5.12. The Morgan fingerprint density at radius 2 is 1.81 bits per heavy atom. The highest BCUT2D eigenvalue weighted by atomic mass is 19.1. The van der Waals surface area contributed by atoms with Crippen molar-refractivity contribution in [1.82, 2.24) is 4.90 Å². The lowest BCUT2D eigenvalue weighted by atomic mass is 9.94. The molecule has 1 saturated heterocycles. The smallest absolute Gasteiger partial charge is 0.256 e. The molecule has 0 aliphatic carbocycles. The summed E-state index contributed by atoms with van der Waals surface area (Å²) < 4.78 is 13.9. The van der Waals surface area contributed by atoms with Crippen LogP contribution in [0.5, 0.6) is 5.75 Å². The van der Waals surface area contributed by atoms with Crippen LogP contribution in [-0.4, -0.2) is 42.0 Å². The van der Waals surface area contributed by atoms with E-state index in [0.717, 1.165) is 23.4 Å². The maximum Gasteiger partial charge on any atom is 0.256 e. The molecule has 2 aromatic carbocycles. The summed E-state index contributed by atoms with van der Waals surface area (Å²) in [5.74, 6) is -1.41. The van der Waals surface area contributed by atoms with Crippen LogP contribution in [0.2, 0.25) is 0 Å². The number of aryl methyl sites for hydroxylation is 1. The third kappa shape index (κ3) is 3.94. The van der Waals surface area contributed by atoms with E-state index in [1.165, 1.54) is 11.0 Å². The summed E-state index contributed by atoms with van der Waals surface area (Å²) in [4.78, 5) is 28.6. The monoisotopic (exact) mass is 370 g/mol. The Bertz CT molecular complexity index is 860. The van der Waals surface area contributed by atoms with Gasteiger partial charge in [0.25, 0.3) is 5.91 Å². The van der Waals surface area contributed by atoms with Gasteiger partial charge in [0.1, 0.15) is 11.6 Å². The third-order valence-electron chi connectivity index (χ3n) is 5.12. The van der Waals surface area contributed by atoms with Gasteiger partial charge in [0.15, 0.2) is 0 Å². The number of aromatic hydroxyl groups is 1. The normalized spacial score (nSPS) is 14.9. The molecule has 1 fully saturated rings. The number of benzene rings is 2. The fraction of sp³-hybridized carbons (Fsp3) is 0.333. The lowest BCUT2D eigenvalue weighted by molar-refractivity contribution is -0.123. The van der Waals surface area contributed by atoms with Gasteiger partial charge in [-0.15, -0.1) is 0 Å². The van der Waals surface area contributed by atoms with Crippen LogP contribution in [0.4, 0.5) is 10.1 Å². The van der Waals surface area contributed by atoms with E-state index in [2.05, 4.69) is 0 Å². The minimum atomic E-state index is -0.657. The molecule has 0 atom stereocenters. The molecule has 142 valence electrons. The number of para-hydroxylation sites is 1. The quantitative estimate of drug-likeness (QED) is 0.901. The Morgan fingerprint density at radius 1 is 1.15 bits per heavy atom. The van der Waals surface area contributed by atoms with Gasteiger partial charge in [-0.05, 0) is 49.6 Å². The van der Waals surface area contributed by atoms with Gasteiger partial charge in [-0.2, -0.15) is 0 Å². The van der Waals surface area contributed by atoms with Gasteiger partial charge < -0.3 is 14.9 Å². The van der Waals surface area contributed by atoms with Gasteiger partial charge >= 0.3 is 0 Å². The molecule has 0 saturated carbocycles. The fourth-order valence-corrected chi connectivity index (χ4v) is 3.51. The highest BCUT2D eigenvalue weighted by molar-refractivity contribution is 5.96. The zero-order chi connectivity index (χ0) is 19.6. The largest absolute Gasteiger partial charge is 0.508 e. The molecule has 1 N–H and O–H groups in total. The van der Waals surface area contributed by atoms with Gasteiger partial charge in [0.2, 0.25) is 5.91 Å². The summed E-state index contributed by atoms with van der Waals surface area (Å²) in [7, 11) is 1.77. The predicted molar refractivity (Wildman–Crippen MR) is 101 cm³/mol. The predicted octanol–water partition coefficient (Wildman–Crippen LogP) is 3.35. The van der Waals surface area contributed by atoms with E-state index >= 15 is 0 Å². The fourth-order valence-electron chi connectivity index (χ4n) is 3.51. The minimum Gasteiger partial charge on any atom is -0.508 e. The van der Waals surface area contributed by atoms with Crippen LogP contribution in [0, 0.1) is 18.7 Å². The number of phenolic OH excluding ortho intramolecular Hbond substituents is 1. The van der Waals surface area contributed by atoms with E-state index in [0.29, 0.717) is 25.9 Å². The van der Waals surface area contributed by atoms with Crippen molar-refractivity contribution < 1.29 is 19.1 Å². The van der Waals surface area contributed by atoms with Crippen LogP contribution in [0.3, 0.4) is 0 Å². The van der Waals surface area contributed by atoms with Crippen molar-refractivity contribution in [3.05, 3.63) is 59.4 Å². The Morgan fingerprint density at radius 3 is 2.48 bits per heavy atom. The lowest BCUT2D eigenvalue weighted by Crippen LogP contribution is -2.43. The minimum absolute atomic E-state index is 0.0277. The number of piperidine rings is 1. The first kappa shape index (κ1) is 18.9. The zero-order valence-electron chi connectivity index (χ0n) is 15.5. The molecular formula is C21H23FN2O3. The number of amides is 2. The molecule has 1 heterocycles. The van der Waals surface area contributed by atoms with E-state index in [-0.39, 0.29) is 23.1 Å². The number of rotatable bonds is 3. The number of carbonyl (C=O) groups is 2. The number of halogens is 1. The second kappa shape index (κ2) is 7.78. The van der Waals surface area contributed by atoms with E-state index in [4.69, 9.17) is 0 Å². The van der Waals surface area contributed by atoms with Crippen molar-refractivity contribution in [3.8, 4) is 5.75 Å². The Hall–Kier alpha value is -2.89. The molecule has 0 bridgehead atoms. The van der Waals surface area contributed by atoms with Crippen molar-refractivity contribution in [2.45, 2.75) is 19.8 Å². The molecule has 0 spiro atoms. The highest BCUT2D eigenvalue weighted by Crippen LogP contribution is 2.26. The molecule has 2 aromatic rings. The molecule has 5 nitrogen and oxygen atoms in total. The van der Waals surface area contributed by atoms with Crippen molar-refractivity contribution in [3.63, 3.8) is 0 Å². The number of hydrogen-bond acceptors (Lipinski definition) is 3. The van der Waals surface area contributed by atoms with Gasteiger partial charge in [-0.25, -0.2) is 4.39 Å². The molecule has 2 amide bonds. The van der Waals surface area contributed by atoms with E-state index in [1.807, 2.05) is 31.2 Å². The molecule has 3 rings (SSSR count). The van der Waals surface area contributed by atoms with Crippen LogP contribution in [0.25, 0.3) is 0 Å². The summed E-state index contributed by atoms with van der Waals surface area (Å²) in [6.07, 6.45) is 1.06. The van der Waals surface area contributed by atoms with Crippen LogP contribution in [0.15, 0.2) is 42.5 Å². The van der Waals surface area contributed by atoms with Gasteiger partial charge in [0, 0.05) is 31.7 Å². The Balaban J connectivity index is 1.65. The van der Waals surface area contributed by atoms with Gasteiger partial charge in [-0.3, -0.25) is 9.59 Å². The van der Waals surface area contributed by atoms with E-state index in [9.17, 15) is 19.1 Å². The van der Waals surface area contributed by atoms with Crippen LogP contribution >= 0.6 is 0 Å². The topological polar surface area (TPSA) is 60.9 Å². The van der Waals surface area contributed by atoms with E-state index in [1.54, 1.807) is 11.9 Å². The number of hydrogen-bond donors (Lipinski definition) is 1. The number of phenols is 1. The molecule has 27 heavy (non-hydrogen) atoms. The van der Waals surface area contributed by atoms with E-state index < -0.39 is 11.7 Å². The van der Waals surface area contributed by atoms with Crippen molar-refractivity contribution in [2.24, 2.45) is 5.92 Å². The molecule has 1 aliphatic heterocycles. The first-order valence-electron chi connectivity index (χ1n) is 8.99. The molecule has 6 heteroatoms. The number of likely N-dealkylation sites (tertiary alicyclic amines) is 1. The second-order valence-corrected chi connectivity index (χ2v) is 6.91. The average Bonchev–Trinajstić information content (AvgIpc) is 2.68. The second-order valence-electron chi connectivity index (χ2n) is 6.91. The summed E-state index contributed by atoms with van der Waals surface area (Å²) >= 11 is 0. The Labute approximate surface area is 158 Å². The molecule has 0 aromatic heterocycles. The summed E-state index contributed by atoms with van der Waals surface area (Å²) in [6, 6.07) is 11.1. The lowest BCUT2D eigenvalue weighted by Gasteiger charge is -2.33. The van der Waals surface area contributed by atoms with Crippen molar-refractivity contribution in [2.75, 3.05) is 25.0 Å². The Kier molecular flexibility index (Phi) is 5.44. The molecular weight excluding hydrogens is 347 g/mol. The summed E-state index contributed by atoms with van der Waals surface area (Å²) in [6.45, 7) is 2.72. The first-order valence-corrected chi connectivity index (χ1v) is 8.99. The maximum atomic E-state index is 13.9. The zero-order valence-corrected chi connectivity index (χ0v) is 15.5. The number of nitrogens with zero attached hydrogens (tertiary/aromatic N) is 2. The first-order chi connectivity index (χ1) is 12.9. The standard InChI is InChI=1S/C21H23FN2O3/c1-14-5-3-4-6-19(14)23(2)20(26)15-9-11-24(12-10-15)21(27)17-13-16(25)7-8-18(17)22/h3-8,13,15,25H,9-12H2,1-2H3. The van der Waals surface area contributed by atoms with Gasteiger partial charge in [0.05, 0.1) is 5.56 Å². The summed E-state index contributed by atoms with van der Waals surface area (Å²) in [5.41, 5.74) is 1.76. The average molecular weight is 370 g/mol. The van der Waals surface area contributed by atoms with Crippen LogP contribution in [0.1, 0.15) is 28.8 Å². The van der Waals surface area contributed by atoms with Crippen LogP contribution in [-0.2, 0) is 4.79 Å².